The molecule has 0 bridgehead atoms. The normalized spacial score (nSPS) is 17.8. The second-order valence-corrected chi connectivity index (χ2v) is 8.10. The van der Waals surface area contributed by atoms with Crippen LogP contribution in [0, 0.1) is 13.8 Å². The van der Waals surface area contributed by atoms with Gasteiger partial charge in [0, 0.05) is 31.3 Å². The Bertz CT molecular complexity index is 744. The van der Waals surface area contributed by atoms with Crippen molar-refractivity contribution >= 4 is 11.6 Å². The smallest absolute Gasteiger partial charge is 0.119 e. The van der Waals surface area contributed by atoms with E-state index in [1.54, 1.807) is 0 Å². The molecule has 1 aliphatic rings. The van der Waals surface area contributed by atoms with E-state index in [1.807, 2.05) is 25.1 Å². The summed E-state index contributed by atoms with van der Waals surface area (Å²) in [7, 11) is 0. The van der Waals surface area contributed by atoms with Crippen LogP contribution in [0.15, 0.2) is 42.5 Å². The van der Waals surface area contributed by atoms with Crippen molar-refractivity contribution in [3.05, 3.63) is 64.2 Å². The van der Waals surface area contributed by atoms with E-state index in [0.29, 0.717) is 11.6 Å². The molecular weight excluding hydrogens is 374 g/mol. The molecule has 1 aliphatic heterocycles. The molecule has 0 saturated carbocycles. The number of aliphatic hydroxyl groups is 1. The van der Waals surface area contributed by atoms with Crippen LogP contribution in [0.4, 0.5) is 0 Å². The minimum atomic E-state index is -0.581. The molecule has 2 aromatic carbocycles. The van der Waals surface area contributed by atoms with Gasteiger partial charge in [0.05, 0.1) is 6.10 Å². The molecule has 0 aromatic heterocycles. The first-order chi connectivity index (χ1) is 13.5. The molecule has 3 rings (SSSR count). The Hall–Kier alpha value is -1.59. The van der Waals surface area contributed by atoms with E-state index in [2.05, 4.69) is 36.1 Å². The quantitative estimate of drug-likeness (QED) is 0.674. The number of aliphatic hydroxyl groups excluding tert-OH is 1. The van der Waals surface area contributed by atoms with E-state index in [9.17, 15) is 5.11 Å². The molecule has 5 heteroatoms. The summed E-state index contributed by atoms with van der Waals surface area (Å²) in [6.45, 7) is 7.27. The van der Waals surface area contributed by atoms with E-state index < -0.39 is 6.10 Å². The molecule has 4 nitrogen and oxygen atoms in total. The van der Waals surface area contributed by atoms with Crippen molar-refractivity contribution in [1.82, 2.24) is 4.90 Å². The molecule has 1 saturated heterocycles. The van der Waals surface area contributed by atoms with E-state index in [4.69, 9.17) is 21.1 Å². The molecule has 2 aromatic rings. The fourth-order valence-electron chi connectivity index (χ4n) is 3.48. The van der Waals surface area contributed by atoms with Gasteiger partial charge in [-0.05, 0) is 56.0 Å². The molecule has 1 heterocycles. The number of rotatable bonds is 9. The Labute approximate surface area is 173 Å². The summed E-state index contributed by atoms with van der Waals surface area (Å²) < 4.78 is 11.6. The molecular formula is C23H30ClNO3. The van der Waals surface area contributed by atoms with Crippen molar-refractivity contribution in [2.45, 2.75) is 45.4 Å². The van der Waals surface area contributed by atoms with Crippen LogP contribution < -0.4 is 4.74 Å². The zero-order valence-electron chi connectivity index (χ0n) is 16.7. The largest absolute Gasteiger partial charge is 0.491 e. The maximum absolute atomic E-state index is 10.6. The van der Waals surface area contributed by atoms with Crippen molar-refractivity contribution in [3.63, 3.8) is 0 Å². The highest BCUT2D eigenvalue weighted by molar-refractivity contribution is 6.31. The van der Waals surface area contributed by atoms with Gasteiger partial charge in [-0.2, -0.15) is 0 Å². The van der Waals surface area contributed by atoms with Gasteiger partial charge in [-0.3, -0.25) is 4.90 Å². The summed E-state index contributed by atoms with van der Waals surface area (Å²) in [6, 6.07) is 14.1. The highest BCUT2D eigenvalue weighted by atomic mass is 35.5. The molecule has 152 valence electrons. The first-order valence-electron chi connectivity index (χ1n) is 9.96. The molecule has 0 amide bonds. The Morgan fingerprint density at radius 1 is 1.21 bits per heavy atom. The van der Waals surface area contributed by atoms with E-state index in [1.165, 1.54) is 11.1 Å². The lowest BCUT2D eigenvalue weighted by molar-refractivity contribution is 0.0313. The predicted octanol–water partition coefficient (Wildman–Crippen LogP) is 4.38. The van der Waals surface area contributed by atoms with Crippen LogP contribution in [0.25, 0.3) is 0 Å². The van der Waals surface area contributed by atoms with Crippen molar-refractivity contribution in [2.24, 2.45) is 0 Å². The molecule has 0 spiro atoms. The van der Waals surface area contributed by atoms with Gasteiger partial charge in [-0.1, -0.05) is 41.4 Å². The van der Waals surface area contributed by atoms with Gasteiger partial charge in [0.2, 0.25) is 0 Å². The van der Waals surface area contributed by atoms with Gasteiger partial charge in [0.25, 0.3) is 0 Å². The Balaban J connectivity index is 1.56. The topological polar surface area (TPSA) is 41.9 Å². The summed E-state index contributed by atoms with van der Waals surface area (Å²) >= 11 is 6.06. The van der Waals surface area contributed by atoms with Crippen LogP contribution in [-0.4, -0.2) is 48.5 Å². The third kappa shape index (κ3) is 6.49. The van der Waals surface area contributed by atoms with Gasteiger partial charge in [0.15, 0.2) is 0 Å². The van der Waals surface area contributed by atoms with Crippen LogP contribution >= 0.6 is 11.6 Å². The Morgan fingerprint density at radius 2 is 2.00 bits per heavy atom. The second kappa shape index (κ2) is 10.3. The van der Waals surface area contributed by atoms with Crippen LogP contribution in [0.3, 0.4) is 0 Å². The van der Waals surface area contributed by atoms with Crippen LogP contribution in [0.2, 0.25) is 5.02 Å². The van der Waals surface area contributed by atoms with E-state index in [-0.39, 0.29) is 12.7 Å². The number of hydrogen-bond acceptors (Lipinski definition) is 4. The van der Waals surface area contributed by atoms with Crippen molar-refractivity contribution < 1.29 is 14.6 Å². The molecule has 0 aliphatic carbocycles. The van der Waals surface area contributed by atoms with Crippen molar-refractivity contribution in [2.75, 3.05) is 26.3 Å². The lowest BCUT2D eigenvalue weighted by atomic mass is 10.1. The average Bonchev–Trinajstić information content (AvgIpc) is 3.17. The molecule has 1 fully saturated rings. The SMILES string of the molecule is Cc1ccc(CN(CC(O)COc2ccc(Cl)c(C)c2)CC2CCCO2)cc1. The van der Waals surface area contributed by atoms with Crippen LogP contribution in [0.1, 0.15) is 29.5 Å². The summed E-state index contributed by atoms with van der Waals surface area (Å²) in [4.78, 5) is 2.27. The van der Waals surface area contributed by atoms with Gasteiger partial charge in [0.1, 0.15) is 18.5 Å². The average molecular weight is 404 g/mol. The zero-order valence-corrected chi connectivity index (χ0v) is 17.5. The lowest BCUT2D eigenvalue weighted by Crippen LogP contribution is -2.39. The van der Waals surface area contributed by atoms with Gasteiger partial charge in [-0.25, -0.2) is 0 Å². The highest BCUT2D eigenvalue weighted by Crippen LogP contribution is 2.21. The molecule has 1 N–H and O–H groups in total. The Kier molecular flexibility index (Phi) is 7.74. The molecule has 28 heavy (non-hydrogen) atoms. The van der Waals surface area contributed by atoms with Crippen molar-refractivity contribution in [3.8, 4) is 5.75 Å². The maximum Gasteiger partial charge on any atom is 0.119 e. The maximum atomic E-state index is 10.6. The highest BCUT2D eigenvalue weighted by Gasteiger charge is 2.21. The Morgan fingerprint density at radius 3 is 2.68 bits per heavy atom. The van der Waals surface area contributed by atoms with E-state index in [0.717, 1.165) is 43.9 Å². The first-order valence-corrected chi connectivity index (χ1v) is 10.3. The minimum Gasteiger partial charge on any atom is -0.491 e. The summed E-state index contributed by atoms with van der Waals surface area (Å²) in [5.41, 5.74) is 3.46. The fraction of sp³-hybridized carbons (Fsp3) is 0.478. The van der Waals surface area contributed by atoms with Gasteiger partial charge < -0.3 is 14.6 Å². The third-order valence-electron chi connectivity index (χ3n) is 5.05. The lowest BCUT2D eigenvalue weighted by Gasteiger charge is -2.27. The number of nitrogens with zero attached hydrogens (tertiary/aromatic N) is 1. The van der Waals surface area contributed by atoms with E-state index >= 15 is 0 Å². The second-order valence-electron chi connectivity index (χ2n) is 7.69. The molecule has 2 unspecified atom stereocenters. The first kappa shape index (κ1) is 21.1. The monoisotopic (exact) mass is 403 g/mol. The zero-order chi connectivity index (χ0) is 19.9. The predicted molar refractivity (Wildman–Crippen MR) is 113 cm³/mol. The van der Waals surface area contributed by atoms with Crippen LogP contribution in [-0.2, 0) is 11.3 Å². The number of hydrogen-bond donors (Lipinski definition) is 1. The van der Waals surface area contributed by atoms with Crippen LogP contribution in [0.5, 0.6) is 5.75 Å². The summed E-state index contributed by atoms with van der Waals surface area (Å²) in [6.07, 6.45) is 1.87. The number of halogens is 1. The number of benzene rings is 2. The standard InChI is InChI=1S/C23H30ClNO3/c1-17-5-7-19(8-6-17)13-25(15-22-4-3-11-27-22)14-20(26)16-28-21-9-10-23(24)18(2)12-21/h5-10,12,20,22,26H,3-4,11,13-16H2,1-2H3. The molecule has 0 radical (unpaired) electrons. The molecule has 2 atom stereocenters. The number of aryl methyl sites for hydroxylation is 2. The summed E-state index contributed by atoms with van der Waals surface area (Å²) in [5.74, 6) is 0.727. The van der Waals surface area contributed by atoms with Gasteiger partial charge >= 0.3 is 0 Å². The third-order valence-corrected chi connectivity index (χ3v) is 5.48. The summed E-state index contributed by atoms with van der Waals surface area (Å²) in [5, 5.41) is 11.3. The van der Waals surface area contributed by atoms with Crippen molar-refractivity contribution in [1.29, 1.82) is 0 Å². The minimum absolute atomic E-state index is 0.247. The number of ether oxygens (including phenoxy) is 2. The van der Waals surface area contributed by atoms with Gasteiger partial charge in [-0.15, -0.1) is 0 Å². The fourth-order valence-corrected chi connectivity index (χ4v) is 3.60.